The highest BCUT2D eigenvalue weighted by atomic mass is 16.6. The molecule has 10 nitrogen and oxygen atoms in total. The first-order valence-electron chi connectivity index (χ1n) is 15.0. The van der Waals surface area contributed by atoms with Gasteiger partial charge in [-0.1, -0.05) is 52.8 Å². The number of ketones is 1. The van der Waals surface area contributed by atoms with Crippen LogP contribution in [0, 0.1) is 39.9 Å². The first-order valence-corrected chi connectivity index (χ1v) is 15.0. The predicted molar refractivity (Wildman–Crippen MR) is 151 cm³/mol. The molecule has 4 aliphatic rings. The Kier molecular flexibility index (Phi) is 7.35. The van der Waals surface area contributed by atoms with Crippen LogP contribution in [0.5, 0.6) is 0 Å². The molecule has 4 aliphatic carbocycles. The average Bonchev–Trinajstić information content (AvgIpc) is 3.37. The second kappa shape index (κ2) is 10.1. The molecule has 11 atom stereocenters. The molecule has 0 amide bonds. The zero-order valence-electron chi connectivity index (χ0n) is 26.0. The summed E-state index contributed by atoms with van der Waals surface area (Å²) in [4.78, 5) is 65.2. The van der Waals surface area contributed by atoms with Crippen LogP contribution >= 0.6 is 0 Å². The van der Waals surface area contributed by atoms with Crippen LogP contribution in [0.15, 0.2) is 30.3 Å². The van der Waals surface area contributed by atoms with Gasteiger partial charge in [0.25, 0.3) is 0 Å². The largest absolute Gasteiger partial charge is 0.461 e. The van der Waals surface area contributed by atoms with Gasteiger partial charge < -0.3 is 24.1 Å². The summed E-state index contributed by atoms with van der Waals surface area (Å²) in [6.45, 7) is 12.9. The van der Waals surface area contributed by atoms with Crippen molar-refractivity contribution < 1.29 is 48.0 Å². The van der Waals surface area contributed by atoms with E-state index >= 15 is 0 Å². The normalized spacial score (nSPS) is 42.3. The Balaban J connectivity index is 1.75. The predicted octanol–water partition coefficient (Wildman–Crippen LogP) is 3.67. The number of rotatable bonds is 5. The van der Waals surface area contributed by atoms with Gasteiger partial charge in [0.2, 0.25) is 0 Å². The number of Topliss-reactive ketones (excluding diaryl/α,β-unsaturated/α-hetero) is 1. The number of benzene rings is 1. The van der Waals surface area contributed by atoms with Gasteiger partial charge in [-0.15, -0.1) is 0 Å². The van der Waals surface area contributed by atoms with E-state index in [2.05, 4.69) is 0 Å². The molecule has 1 aromatic rings. The summed E-state index contributed by atoms with van der Waals surface area (Å²) in [6, 6.07) is 8.32. The maximum Gasteiger partial charge on any atom is 0.338 e. The molecule has 4 fully saturated rings. The second-order valence-corrected chi connectivity index (χ2v) is 14.1. The molecule has 4 saturated carbocycles. The number of aliphatic hydroxyl groups is 1. The van der Waals surface area contributed by atoms with Crippen LogP contribution in [0.3, 0.4) is 0 Å². The first kappa shape index (κ1) is 31.2. The fourth-order valence-electron chi connectivity index (χ4n) is 9.44. The monoisotopic (exact) mass is 598 g/mol. The van der Waals surface area contributed by atoms with Crippen LogP contribution in [-0.4, -0.2) is 64.8 Å². The second-order valence-electron chi connectivity index (χ2n) is 14.1. The minimum atomic E-state index is -2.14. The van der Waals surface area contributed by atoms with E-state index in [-0.39, 0.29) is 17.3 Å². The standard InChI is InChI=1S/C33H42O10/c1-16-24(43-28(38)20-12-10-9-11-13-20)23-27(41-18(3)35)31(7)14-21-22(15-30(5,6)25(21)37)32(31,8)29(42-19(4)36)33(23,39)26(16)40-17(2)34/h9-13,16,21-24,26-27,29,39H,14-15H2,1-8H3. The van der Waals surface area contributed by atoms with E-state index in [9.17, 15) is 29.1 Å². The van der Waals surface area contributed by atoms with E-state index in [4.69, 9.17) is 18.9 Å². The molecule has 0 heterocycles. The van der Waals surface area contributed by atoms with Crippen molar-refractivity contribution in [2.45, 2.75) is 98.2 Å². The number of hydrogen-bond acceptors (Lipinski definition) is 10. The molecule has 1 aromatic carbocycles. The van der Waals surface area contributed by atoms with Crippen molar-refractivity contribution in [2.24, 2.45) is 39.9 Å². The Bertz CT molecular complexity index is 1350. The van der Waals surface area contributed by atoms with Gasteiger partial charge in [-0.05, 0) is 30.9 Å². The maximum atomic E-state index is 13.7. The minimum absolute atomic E-state index is 0.0617. The highest BCUT2D eigenvalue weighted by Gasteiger charge is 2.84. The van der Waals surface area contributed by atoms with Crippen LogP contribution in [0.1, 0.15) is 78.6 Å². The van der Waals surface area contributed by atoms with Crippen LogP contribution < -0.4 is 0 Å². The van der Waals surface area contributed by atoms with E-state index in [1.807, 2.05) is 27.7 Å². The van der Waals surface area contributed by atoms with Gasteiger partial charge in [-0.3, -0.25) is 19.2 Å². The van der Waals surface area contributed by atoms with Gasteiger partial charge >= 0.3 is 23.9 Å². The minimum Gasteiger partial charge on any atom is -0.461 e. The van der Waals surface area contributed by atoms with Crippen molar-refractivity contribution in [1.29, 1.82) is 0 Å². The molecule has 0 bridgehead atoms. The van der Waals surface area contributed by atoms with Crippen molar-refractivity contribution in [3.05, 3.63) is 35.9 Å². The van der Waals surface area contributed by atoms with Gasteiger partial charge in [0.05, 0.1) is 11.5 Å². The fraction of sp³-hybridized carbons (Fsp3) is 0.667. The van der Waals surface area contributed by atoms with Crippen LogP contribution in [-0.2, 0) is 38.1 Å². The van der Waals surface area contributed by atoms with Gasteiger partial charge in [0.1, 0.15) is 35.8 Å². The lowest BCUT2D eigenvalue weighted by Crippen LogP contribution is -2.75. The summed E-state index contributed by atoms with van der Waals surface area (Å²) in [5, 5.41) is 13.1. The molecule has 234 valence electrons. The van der Waals surface area contributed by atoms with Crippen molar-refractivity contribution in [2.75, 3.05) is 0 Å². The van der Waals surface area contributed by atoms with Gasteiger partial charge in [-0.25, -0.2) is 4.79 Å². The number of carbonyl (C=O) groups excluding carboxylic acids is 5. The summed E-state index contributed by atoms with van der Waals surface area (Å²) in [5.74, 6) is -5.33. The average molecular weight is 599 g/mol. The Morgan fingerprint density at radius 2 is 1.37 bits per heavy atom. The summed E-state index contributed by atoms with van der Waals surface area (Å²) in [5.41, 5.74) is -4.63. The smallest absolute Gasteiger partial charge is 0.338 e. The highest BCUT2D eigenvalue weighted by molar-refractivity contribution is 5.90. The Morgan fingerprint density at radius 1 is 0.814 bits per heavy atom. The molecular formula is C33H42O10. The lowest BCUT2D eigenvalue weighted by molar-refractivity contribution is -0.300. The number of esters is 4. The van der Waals surface area contributed by atoms with E-state index in [0.717, 1.165) is 0 Å². The molecule has 0 spiro atoms. The van der Waals surface area contributed by atoms with Gasteiger partial charge in [0, 0.05) is 48.9 Å². The summed E-state index contributed by atoms with van der Waals surface area (Å²) in [6.07, 6.45) is -4.00. The molecule has 0 saturated heterocycles. The van der Waals surface area contributed by atoms with Crippen molar-refractivity contribution >= 4 is 29.7 Å². The summed E-state index contributed by atoms with van der Waals surface area (Å²) >= 11 is 0. The SMILES string of the molecule is CC(=O)OC1C(C)C(OC(=O)c2ccccc2)C2C(OC(C)=O)C3(C)CC4C(=O)C(C)(C)CC4C3(C)C(OC(C)=O)C12O. The molecular weight excluding hydrogens is 556 g/mol. The zero-order chi connectivity index (χ0) is 31.9. The van der Waals surface area contributed by atoms with Crippen molar-refractivity contribution in [1.82, 2.24) is 0 Å². The van der Waals surface area contributed by atoms with E-state index < -0.39 is 87.9 Å². The Hall–Kier alpha value is -3.27. The molecule has 10 heteroatoms. The number of ether oxygens (including phenoxy) is 4. The summed E-state index contributed by atoms with van der Waals surface area (Å²) < 4.78 is 24.1. The third-order valence-corrected chi connectivity index (χ3v) is 11.2. The lowest BCUT2D eigenvalue weighted by atomic mass is 9.47. The fourth-order valence-corrected chi connectivity index (χ4v) is 9.44. The van der Waals surface area contributed by atoms with E-state index in [0.29, 0.717) is 12.8 Å². The van der Waals surface area contributed by atoms with Crippen LogP contribution in [0.2, 0.25) is 0 Å². The van der Waals surface area contributed by atoms with Gasteiger partial charge in [-0.2, -0.15) is 0 Å². The lowest BCUT2D eigenvalue weighted by Gasteiger charge is -2.62. The van der Waals surface area contributed by atoms with Crippen LogP contribution in [0.4, 0.5) is 0 Å². The Labute approximate surface area is 251 Å². The number of carbonyl (C=O) groups is 5. The molecule has 0 radical (unpaired) electrons. The molecule has 11 unspecified atom stereocenters. The van der Waals surface area contributed by atoms with Gasteiger partial charge in [0.15, 0.2) is 0 Å². The molecule has 5 rings (SSSR count). The number of fused-ring (bicyclic) bond motifs is 4. The molecule has 0 aromatic heterocycles. The van der Waals surface area contributed by atoms with Crippen LogP contribution in [0.25, 0.3) is 0 Å². The van der Waals surface area contributed by atoms with E-state index in [1.54, 1.807) is 37.3 Å². The van der Waals surface area contributed by atoms with Crippen molar-refractivity contribution in [3.8, 4) is 0 Å². The zero-order valence-corrected chi connectivity index (χ0v) is 26.0. The maximum absolute atomic E-state index is 13.7. The molecule has 43 heavy (non-hydrogen) atoms. The number of hydrogen-bond donors (Lipinski definition) is 1. The van der Waals surface area contributed by atoms with Crippen molar-refractivity contribution in [3.63, 3.8) is 0 Å². The molecule has 0 aliphatic heterocycles. The highest BCUT2D eigenvalue weighted by Crippen LogP contribution is 2.75. The molecule has 1 N–H and O–H groups in total. The quantitative estimate of drug-likeness (QED) is 0.394. The third kappa shape index (κ3) is 4.34. The van der Waals surface area contributed by atoms with E-state index in [1.165, 1.54) is 20.8 Å². The topological polar surface area (TPSA) is 142 Å². The first-order chi connectivity index (χ1) is 19.9. The third-order valence-electron chi connectivity index (χ3n) is 11.2. The Morgan fingerprint density at radius 3 is 1.93 bits per heavy atom. The summed E-state index contributed by atoms with van der Waals surface area (Å²) in [7, 11) is 0.